The molecule has 1 aromatic heterocycles. The molecule has 0 bridgehead atoms. The van der Waals surface area contributed by atoms with Crippen LogP contribution in [-0.4, -0.2) is 12.1 Å². The van der Waals surface area contributed by atoms with Gasteiger partial charge in [-0.3, -0.25) is 10.1 Å². The molecule has 1 aliphatic carbocycles. The van der Waals surface area contributed by atoms with Gasteiger partial charge in [0.1, 0.15) is 11.9 Å². The molecule has 0 saturated heterocycles. The average molecular weight is 518 g/mol. The number of hydrogen-bond donors (Lipinski definition) is 1. The van der Waals surface area contributed by atoms with Gasteiger partial charge in [-0.25, -0.2) is 4.79 Å². The summed E-state index contributed by atoms with van der Waals surface area (Å²) in [4.78, 5) is 25.6. The van der Waals surface area contributed by atoms with Crippen molar-refractivity contribution in [2.45, 2.75) is 25.9 Å². The highest BCUT2D eigenvalue weighted by molar-refractivity contribution is 7.14. The van der Waals surface area contributed by atoms with Crippen LogP contribution in [0.1, 0.15) is 31.4 Å². The standard InChI is InChI=1S/C29H24ClNO4S/c1-18(22-6-4-5-9-25(22)30)34-29(33)31-26-16-17-36-27(26)24-8-3-2-7-23(24)19-12-14-21(15-13-19)35-28(32)20-10-11-20/h2-9,12-18,20H,10-11H2,1H3,(H,31,33). The van der Waals surface area contributed by atoms with E-state index in [0.717, 1.165) is 40.0 Å². The first-order valence-electron chi connectivity index (χ1n) is 11.7. The normalized spacial score (nSPS) is 13.6. The maximum absolute atomic E-state index is 12.7. The van der Waals surface area contributed by atoms with Crippen molar-refractivity contribution in [1.29, 1.82) is 0 Å². The van der Waals surface area contributed by atoms with Gasteiger partial charge >= 0.3 is 12.1 Å². The van der Waals surface area contributed by atoms with Crippen molar-refractivity contribution in [2.24, 2.45) is 5.92 Å². The fourth-order valence-electron chi connectivity index (χ4n) is 3.94. The maximum atomic E-state index is 12.7. The largest absolute Gasteiger partial charge is 0.441 e. The summed E-state index contributed by atoms with van der Waals surface area (Å²) in [6, 6.07) is 24.6. The van der Waals surface area contributed by atoms with E-state index in [4.69, 9.17) is 21.1 Å². The summed E-state index contributed by atoms with van der Waals surface area (Å²) >= 11 is 7.77. The second-order valence-electron chi connectivity index (χ2n) is 8.62. The minimum absolute atomic E-state index is 0.0505. The van der Waals surface area contributed by atoms with Crippen molar-refractivity contribution in [3.8, 4) is 27.3 Å². The minimum atomic E-state index is -0.554. The van der Waals surface area contributed by atoms with Crippen molar-refractivity contribution >= 4 is 40.7 Å². The van der Waals surface area contributed by atoms with E-state index in [0.29, 0.717) is 16.5 Å². The Balaban J connectivity index is 1.33. The Morgan fingerprint density at radius 1 is 0.944 bits per heavy atom. The number of hydrogen-bond acceptors (Lipinski definition) is 5. The number of carbonyl (C=O) groups is 2. The number of benzene rings is 3. The fourth-order valence-corrected chi connectivity index (χ4v) is 5.12. The molecule has 5 rings (SSSR count). The maximum Gasteiger partial charge on any atom is 0.412 e. The van der Waals surface area contributed by atoms with Gasteiger partial charge in [0.25, 0.3) is 0 Å². The summed E-state index contributed by atoms with van der Waals surface area (Å²) in [5.41, 5.74) is 4.37. The van der Waals surface area contributed by atoms with Gasteiger partial charge < -0.3 is 9.47 Å². The first kappa shape index (κ1) is 24.1. The lowest BCUT2D eigenvalue weighted by molar-refractivity contribution is -0.135. The van der Waals surface area contributed by atoms with Crippen LogP contribution in [0.2, 0.25) is 5.02 Å². The van der Waals surface area contributed by atoms with E-state index >= 15 is 0 Å². The Hall–Kier alpha value is -3.61. The van der Waals surface area contributed by atoms with E-state index in [-0.39, 0.29) is 11.9 Å². The molecule has 1 aliphatic rings. The van der Waals surface area contributed by atoms with Gasteiger partial charge in [-0.2, -0.15) is 0 Å². The third-order valence-corrected chi connectivity index (χ3v) is 7.29. The van der Waals surface area contributed by atoms with Crippen LogP contribution in [0.25, 0.3) is 21.6 Å². The van der Waals surface area contributed by atoms with Crippen LogP contribution in [0.3, 0.4) is 0 Å². The SMILES string of the molecule is CC(OC(=O)Nc1ccsc1-c1ccccc1-c1ccc(OC(=O)C2CC2)cc1)c1ccccc1Cl. The first-order valence-corrected chi connectivity index (χ1v) is 13.0. The second kappa shape index (κ2) is 10.6. The molecular weight excluding hydrogens is 494 g/mol. The molecule has 1 fully saturated rings. The van der Waals surface area contributed by atoms with Gasteiger partial charge in [-0.15, -0.1) is 11.3 Å². The lowest BCUT2D eigenvalue weighted by Gasteiger charge is -2.16. The molecule has 0 spiro atoms. The minimum Gasteiger partial charge on any atom is -0.441 e. The summed E-state index contributed by atoms with van der Waals surface area (Å²) in [5, 5.41) is 5.37. The predicted octanol–water partition coefficient (Wildman–Crippen LogP) is 8.36. The Morgan fingerprint density at radius 2 is 1.64 bits per heavy atom. The molecule has 182 valence electrons. The zero-order chi connectivity index (χ0) is 25.1. The molecule has 1 unspecified atom stereocenters. The van der Waals surface area contributed by atoms with Crippen molar-refractivity contribution in [2.75, 3.05) is 5.32 Å². The number of thiophene rings is 1. The van der Waals surface area contributed by atoms with Crippen LogP contribution in [-0.2, 0) is 9.53 Å². The predicted molar refractivity (Wildman–Crippen MR) is 144 cm³/mol. The molecule has 1 N–H and O–H groups in total. The number of anilines is 1. The van der Waals surface area contributed by atoms with E-state index in [1.54, 1.807) is 13.0 Å². The third-order valence-electron chi connectivity index (χ3n) is 6.00. The van der Waals surface area contributed by atoms with Gasteiger partial charge in [-0.1, -0.05) is 66.2 Å². The van der Waals surface area contributed by atoms with Crippen molar-refractivity contribution in [3.05, 3.63) is 94.8 Å². The van der Waals surface area contributed by atoms with Gasteiger partial charge in [0.15, 0.2) is 0 Å². The van der Waals surface area contributed by atoms with Gasteiger partial charge in [0.2, 0.25) is 0 Å². The molecule has 3 aromatic carbocycles. The molecule has 0 radical (unpaired) electrons. The monoisotopic (exact) mass is 517 g/mol. The van der Waals surface area contributed by atoms with Crippen LogP contribution in [0, 0.1) is 5.92 Å². The summed E-state index contributed by atoms with van der Waals surface area (Å²) in [6.45, 7) is 1.79. The number of amides is 1. The van der Waals surface area contributed by atoms with Crippen molar-refractivity contribution < 1.29 is 19.1 Å². The molecule has 4 aromatic rings. The molecule has 1 atom stereocenters. The number of rotatable bonds is 7. The van der Waals surface area contributed by atoms with Crippen molar-refractivity contribution in [1.82, 2.24) is 0 Å². The lowest BCUT2D eigenvalue weighted by Crippen LogP contribution is -2.16. The van der Waals surface area contributed by atoms with Gasteiger partial charge in [0, 0.05) is 16.1 Å². The van der Waals surface area contributed by atoms with Gasteiger partial charge in [-0.05, 0) is 60.5 Å². The van der Waals surface area contributed by atoms with Crippen LogP contribution < -0.4 is 10.1 Å². The number of carbonyl (C=O) groups excluding carboxylic acids is 2. The Labute approximate surface area is 218 Å². The zero-order valence-corrected chi connectivity index (χ0v) is 21.1. The van der Waals surface area contributed by atoms with Crippen molar-refractivity contribution in [3.63, 3.8) is 0 Å². The number of halogens is 1. The summed E-state index contributed by atoms with van der Waals surface area (Å²) < 4.78 is 11.0. The third kappa shape index (κ3) is 5.45. The summed E-state index contributed by atoms with van der Waals surface area (Å²) in [5.74, 6) is 0.435. The smallest absolute Gasteiger partial charge is 0.412 e. The molecule has 7 heteroatoms. The number of nitrogens with one attached hydrogen (secondary N) is 1. The molecular formula is C29H24ClNO4S. The van der Waals surface area contributed by atoms with E-state index in [2.05, 4.69) is 5.32 Å². The highest BCUT2D eigenvalue weighted by Gasteiger charge is 2.31. The molecule has 36 heavy (non-hydrogen) atoms. The lowest BCUT2D eigenvalue weighted by atomic mass is 9.98. The Morgan fingerprint density at radius 3 is 2.36 bits per heavy atom. The van der Waals surface area contributed by atoms with Crippen LogP contribution in [0.15, 0.2) is 84.2 Å². The van der Waals surface area contributed by atoms with Crippen LogP contribution >= 0.6 is 22.9 Å². The van der Waals surface area contributed by atoms with Gasteiger partial charge in [0.05, 0.1) is 16.5 Å². The van der Waals surface area contributed by atoms with Crippen LogP contribution in [0.4, 0.5) is 10.5 Å². The topological polar surface area (TPSA) is 64.6 Å². The fraction of sp³-hybridized carbons (Fsp3) is 0.172. The average Bonchev–Trinajstić information content (AvgIpc) is 3.64. The second-order valence-corrected chi connectivity index (χ2v) is 9.95. The van der Waals surface area contributed by atoms with E-state index in [9.17, 15) is 9.59 Å². The Kier molecular flexibility index (Phi) is 7.07. The number of esters is 1. The quantitative estimate of drug-likeness (QED) is 0.197. The summed E-state index contributed by atoms with van der Waals surface area (Å²) in [7, 11) is 0. The van der Waals surface area contributed by atoms with E-state index in [1.807, 2.05) is 78.2 Å². The Bertz CT molecular complexity index is 1390. The highest BCUT2D eigenvalue weighted by atomic mass is 35.5. The van der Waals surface area contributed by atoms with E-state index in [1.165, 1.54) is 11.3 Å². The molecule has 1 amide bonds. The molecule has 1 heterocycles. The molecule has 5 nitrogen and oxygen atoms in total. The van der Waals surface area contributed by atoms with Crippen LogP contribution in [0.5, 0.6) is 5.75 Å². The van der Waals surface area contributed by atoms with E-state index < -0.39 is 12.2 Å². The number of ether oxygens (including phenoxy) is 2. The first-order chi connectivity index (χ1) is 17.5. The molecule has 1 saturated carbocycles. The highest BCUT2D eigenvalue weighted by Crippen LogP contribution is 2.40. The molecule has 0 aliphatic heterocycles. The summed E-state index contributed by atoms with van der Waals surface area (Å²) in [6.07, 6.45) is 0.768. The zero-order valence-electron chi connectivity index (χ0n) is 19.6.